The Kier molecular flexibility index (Phi) is 18.8. The lowest BCUT2D eigenvalue weighted by atomic mass is 9.98. The lowest BCUT2D eigenvalue weighted by Crippen LogP contribution is -2.26. The van der Waals surface area contributed by atoms with Crippen LogP contribution in [-0.2, 0) is 19.8 Å². The van der Waals surface area contributed by atoms with Crippen LogP contribution in [0.3, 0.4) is 0 Å². The molecule has 0 saturated heterocycles. The van der Waals surface area contributed by atoms with Gasteiger partial charge in [0.15, 0.2) is 4.87 Å². The van der Waals surface area contributed by atoms with Gasteiger partial charge >= 0.3 is 0 Å². The number of hydrogen-bond donors (Lipinski definition) is 6. The summed E-state index contributed by atoms with van der Waals surface area (Å²) in [6.07, 6.45) is 3.81. The van der Waals surface area contributed by atoms with Crippen molar-refractivity contribution in [2.45, 2.75) is 54.4 Å². The van der Waals surface area contributed by atoms with E-state index in [0.29, 0.717) is 66.4 Å². The number of nitrogens with two attached hydrogens (primary N) is 2. The zero-order valence-electron chi connectivity index (χ0n) is 36.9. The molecule has 0 spiro atoms. The fraction of sp³-hybridized carbons (Fsp3) is 0.204. The topological polar surface area (TPSA) is 221 Å². The van der Waals surface area contributed by atoms with Gasteiger partial charge in [0.2, 0.25) is 0 Å². The number of rotatable bonds is 12. The van der Waals surface area contributed by atoms with Crippen LogP contribution in [0.15, 0.2) is 103 Å². The predicted molar refractivity (Wildman–Crippen MR) is 250 cm³/mol. The molecule has 8 N–H and O–H groups in total. The van der Waals surface area contributed by atoms with Crippen LogP contribution in [0.2, 0.25) is 0 Å². The first-order valence-electron chi connectivity index (χ1n) is 20.3. The molecule has 0 saturated carbocycles. The van der Waals surface area contributed by atoms with Crippen LogP contribution >= 0.6 is 0 Å². The molecule has 0 unspecified atom stereocenters. The highest BCUT2D eigenvalue weighted by molar-refractivity contribution is 5.96. The molecule has 0 atom stereocenters. The van der Waals surface area contributed by atoms with E-state index in [1.807, 2.05) is 33.8 Å². The molecule has 1 amide bonds. The normalized spacial score (nSPS) is 10.0. The van der Waals surface area contributed by atoms with Crippen molar-refractivity contribution in [2.75, 3.05) is 25.6 Å². The second kappa shape index (κ2) is 23.9. The first-order chi connectivity index (χ1) is 30.7. The first kappa shape index (κ1) is 50.4. The number of phenolic OH excluding ortho intramolecular Hbond substituents is 2. The zero-order valence-corrected chi connectivity index (χ0v) is 36.9. The summed E-state index contributed by atoms with van der Waals surface area (Å²) in [4.78, 5) is 31.9. The van der Waals surface area contributed by atoms with Gasteiger partial charge in [-0.25, -0.2) is 8.78 Å². The number of amides is 1. The standard InChI is InChI=1S/C23H20N4O2.C22H21F2N5O2.2C2H6/c1-27(14-18-6-3-7-21(26)20(18)13-25)23(29)17-8-9-19(22(28)11-17)16-5-2-4-15(10-16)12-24;1-13-19(10-25)22(26)16(11-27-13)12-28(2)29(31)18-7-15(9-23)21(20(30)8-18)14-4-3-5-17(24)6-14;2*1-2/h2-11,13,25,28H,14,26H2,1H3;3-8,10-11H,9,12H2,1-2H3,(H3-,25,26,27,30);2*1-2H3/p+1. The number of anilines is 2. The number of aromatic nitrogens is 1. The van der Waals surface area contributed by atoms with E-state index in [1.54, 1.807) is 68.6 Å². The van der Waals surface area contributed by atoms with E-state index in [1.165, 1.54) is 65.8 Å². The van der Waals surface area contributed by atoms with Gasteiger partial charge in [-0.1, -0.05) is 64.1 Å². The van der Waals surface area contributed by atoms with Gasteiger partial charge in [0.05, 0.1) is 29.7 Å². The Balaban J connectivity index is 0.000000316. The number of aromatic hydroxyl groups is 2. The number of nitrogen functional groups attached to an aromatic ring is 2. The lowest BCUT2D eigenvalue weighted by Gasteiger charge is -2.19. The molecule has 64 heavy (non-hydrogen) atoms. The van der Waals surface area contributed by atoms with E-state index in [0.717, 1.165) is 11.8 Å². The van der Waals surface area contributed by atoms with Crippen LogP contribution in [0.5, 0.6) is 11.5 Å². The number of nitrogens with one attached hydrogen (secondary N) is 2. The number of nitrogens with zero attached hydrogens (tertiary/aromatic N) is 5. The number of hydrazine groups is 1. The fourth-order valence-corrected chi connectivity index (χ4v) is 6.52. The maximum absolute atomic E-state index is 13.7. The molecular weight excluding hydrogens is 817 g/mol. The van der Waals surface area contributed by atoms with Gasteiger partial charge in [0, 0.05) is 94.3 Å². The third kappa shape index (κ3) is 12.1. The third-order valence-corrected chi connectivity index (χ3v) is 9.63. The van der Waals surface area contributed by atoms with Crippen molar-refractivity contribution in [1.29, 1.82) is 16.1 Å². The van der Waals surface area contributed by atoms with E-state index in [4.69, 9.17) is 27.5 Å². The van der Waals surface area contributed by atoms with E-state index < -0.39 is 12.5 Å². The van der Waals surface area contributed by atoms with Gasteiger partial charge in [0.25, 0.3) is 11.6 Å². The molecule has 6 rings (SSSR count). The molecule has 0 aliphatic carbocycles. The van der Waals surface area contributed by atoms with Crippen molar-refractivity contribution in [3.05, 3.63) is 159 Å². The summed E-state index contributed by atoms with van der Waals surface area (Å²) in [6.45, 7) is 9.12. The molecule has 0 radical (unpaired) electrons. The van der Waals surface area contributed by atoms with Crippen LogP contribution in [0.25, 0.3) is 22.3 Å². The Bertz CT molecular complexity index is 2670. The molecule has 332 valence electrons. The van der Waals surface area contributed by atoms with Crippen LogP contribution in [0.1, 0.15) is 77.1 Å². The van der Waals surface area contributed by atoms with Gasteiger partial charge in [-0.2, -0.15) is 5.26 Å². The number of alkyl halides is 1. The number of aryl methyl sites for hydroxylation is 1. The number of carbonyl (C=O) groups is 1. The maximum Gasteiger partial charge on any atom is 0.296 e. The van der Waals surface area contributed by atoms with Crippen molar-refractivity contribution in [2.24, 2.45) is 0 Å². The summed E-state index contributed by atoms with van der Waals surface area (Å²) in [5.41, 5.74) is 18.3. The first-order valence-corrected chi connectivity index (χ1v) is 20.3. The van der Waals surface area contributed by atoms with E-state index in [-0.39, 0.29) is 47.3 Å². The summed E-state index contributed by atoms with van der Waals surface area (Å²) in [5, 5.41) is 46.3. The van der Waals surface area contributed by atoms with Crippen molar-refractivity contribution < 1.29 is 28.7 Å². The Morgan fingerprint density at radius 2 is 1.48 bits per heavy atom. The molecule has 13 nitrogen and oxygen atoms in total. The summed E-state index contributed by atoms with van der Waals surface area (Å²) >= 11 is 0. The highest BCUT2D eigenvalue weighted by atomic mass is 19.1. The fourth-order valence-electron chi connectivity index (χ4n) is 6.52. The van der Waals surface area contributed by atoms with Crippen molar-refractivity contribution in [3.63, 3.8) is 0 Å². The Hall–Kier alpha value is -7.99. The molecule has 1 aromatic heterocycles. The van der Waals surface area contributed by atoms with Crippen LogP contribution in [-0.4, -0.2) is 62.4 Å². The quantitative estimate of drug-likeness (QED) is 0.0298. The van der Waals surface area contributed by atoms with Crippen molar-refractivity contribution >= 4 is 35.4 Å². The maximum atomic E-state index is 13.7. The molecule has 5 aromatic carbocycles. The highest BCUT2D eigenvalue weighted by Crippen LogP contribution is 2.38. The second-order valence-electron chi connectivity index (χ2n) is 13.7. The smallest absolute Gasteiger partial charge is 0.296 e. The molecule has 0 bridgehead atoms. The SMILES string of the molecule is CC.CC.CN(Cc1cccc(N)c1C=N)C(=O)c1ccc(-c2cccc(C#N)c2)c(O)c1.Cc1ncc(CN(C)[N+](=O)c2cc(O)c(-c3cccc(F)c3)c(CF)c2)c(N)c1C=N. The van der Waals surface area contributed by atoms with E-state index in [2.05, 4.69) is 11.1 Å². The number of carbonyl (C=O) groups excluding carboxylic acids is 1. The minimum atomic E-state index is -0.956. The van der Waals surface area contributed by atoms with Crippen molar-refractivity contribution in [3.8, 4) is 39.8 Å². The van der Waals surface area contributed by atoms with Crippen LogP contribution in [0.4, 0.5) is 25.8 Å². The minimum absolute atomic E-state index is 0.00118. The number of nitroso groups, excluding NO2 is 1. The van der Waals surface area contributed by atoms with Crippen LogP contribution < -0.4 is 11.5 Å². The largest absolute Gasteiger partial charge is 0.507 e. The van der Waals surface area contributed by atoms with Gasteiger partial charge in [-0.3, -0.25) is 9.78 Å². The average Bonchev–Trinajstić information content (AvgIpc) is 3.30. The highest BCUT2D eigenvalue weighted by Gasteiger charge is 2.26. The third-order valence-electron chi connectivity index (χ3n) is 9.63. The molecule has 6 aromatic rings. The molecule has 15 heteroatoms. The van der Waals surface area contributed by atoms with Gasteiger partial charge in [0.1, 0.15) is 30.5 Å². The number of pyridine rings is 1. The number of nitriles is 1. The van der Waals surface area contributed by atoms with Crippen molar-refractivity contribution in [1.82, 2.24) is 14.9 Å². The van der Waals surface area contributed by atoms with Gasteiger partial charge in [-0.15, -0.1) is 5.01 Å². The molecule has 0 fully saturated rings. The number of phenols is 2. The lowest BCUT2D eigenvalue weighted by molar-refractivity contribution is -0.638. The molecule has 0 aliphatic rings. The second-order valence-corrected chi connectivity index (χ2v) is 13.7. The molecular formula is C49H54F2N9O4+. The number of benzene rings is 5. The summed E-state index contributed by atoms with van der Waals surface area (Å²) in [5.74, 6) is -1.17. The van der Waals surface area contributed by atoms with Gasteiger partial charge in [-0.05, 0) is 72.1 Å². The Labute approximate surface area is 372 Å². The van der Waals surface area contributed by atoms with Crippen LogP contribution in [0, 0.1) is 39.8 Å². The minimum Gasteiger partial charge on any atom is -0.507 e. The monoisotopic (exact) mass is 870 g/mol. The zero-order chi connectivity index (χ0) is 47.7. The summed E-state index contributed by atoms with van der Waals surface area (Å²) in [6, 6.07) is 27.0. The Morgan fingerprint density at radius 1 is 0.828 bits per heavy atom. The van der Waals surface area contributed by atoms with E-state index in [9.17, 15) is 28.7 Å². The number of halogens is 2. The Morgan fingerprint density at radius 3 is 2.11 bits per heavy atom. The summed E-state index contributed by atoms with van der Waals surface area (Å²) in [7, 11) is 3.16. The van der Waals surface area contributed by atoms with E-state index >= 15 is 0 Å². The number of hydrogen-bond acceptors (Lipinski definition) is 10. The van der Waals surface area contributed by atoms with Gasteiger partial charge < -0.3 is 37.4 Å². The summed E-state index contributed by atoms with van der Waals surface area (Å²) < 4.78 is 27.3. The average molecular weight is 871 g/mol. The predicted octanol–water partition coefficient (Wildman–Crippen LogP) is 10.2. The molecule has 1 heterocycles. The molecule has 0 aliphatic heterocycles.